The number of rotatable bonds is 19. The molecule has 0 saturated heterocycles. The molecular formula is C30H40N3O3S2Tc. The summed E-state index contributed by atoms with van der Waals surface area (Å²) in [6.45, 7) is 5.28. The Labute approximate surface area is 256 Å². The van der Waals surface area contributed by atoms with Crippen molar-refractivity contribution in [1.29, 1.82) is 0 Å². The van der Waals surface area contributed by atoms with Crippen molar-refractivity contribution in [3.8, 4) is 5.75 Å². The van der Waals surface area contributed by atoms with E-state index >= 15 is 0 Å². The number of ether oxygens (including phenoxy) is 1. The van der Waals surface area contributed by atoms with Gasteiger partial charge in [0.1, 0.15) is 5.75 Å². The average Bonchev–Trinajstić information content (AvgIpc) is 2.96. The fraction of sp³-hybridized carbons (Fsp3) is 0.433. The normalized spacial score (nSPS) is 11.1. The monoisotopic (exact) mass is 653 g/mol. The molecule has 212 valence electrons. The summed E-state index contributed by atoms with van der Waals surface area (Å²) in [7, 11) is 4.01. The van der Waals surface area contributed by atoms with E-state index in [4.69, 9.17) is 33.5 Å². The Kier molecular flexibility index (Phi) is 20.8. The van der Waals surface area contributed by atoms with Gasteiger partial charge in [-0.3, -0.25) is 4.79 Å². The SMILES string of the molecule is CN(C)c1ccc(/C=C/C(=O)/C=C/c2ccc(OCCCCCN(CC[S-])CC[N-]CC[S-])cc2)cc1.[O]=[99Tc+3]. The van der Waals surface area contributed by atoms with E-state index in [-0.39, 0.29) is 5.78 Å². The molecule has 0 amide bonds. The molecule has 0 saturated carbocycles. The molecule has 0 N–H and O–H groups in total. The molecule has 0 fully saturated rings. The average molecular weight is 654 g/mol. The van der Waals surface area contributed by atoms with Crippen LogP contribution in [-0.4, -0.2) is 75.6 Å². The van der Waals surface area contributed by atoms with Crippen molar-refractivity contribution in [3.63, 3.8) is 0 Å². The first kappa shape index (κ1) is 35.3. The van der Waals surface area contributed by atoms with Crippen molar-refractivity contribution in [3.05, 3.63) is 77.1 Å². The Hall–Kier alpha value is -1.74. The van der Waals surface area contributed by atoms with E-state index in [1.165, 1.54) is 0 Å². The summed E-state index contributed by atoms with van der Waals surface area (Å²) in [6.07, 6.45) is 10.1. The third-order valence-electron chi connectivity index (χ3n) is 5.79. The van der Waals surface area contributed by atoms with Gasteiger partial charge < -0.3 is 45.1 Å². The number of carbonyl (C=O) groups is 1. The molecule has 0 aliphatic carbocycles. The van der Waals surface area contributed by atoms with Crippen molar-refractivity contribution >= 4 is 48.9 Å². The minimum absolute atomic E-state index is 0.0471. The number of hydrogen-bond acceptors (Lipinski definition) is 7. The first-order valence-electron chi connectivity index (χ1n) is 13.1. The predicted molar refractivity (Wildman–Crippen MR) is 164 cm³/mol. The minimum atomic E-state index is -0.0471. The van der Waals surface area contributed by atoms with Crippen LogP contribution in [0.25, 0.3) is 17.5 Å². The van der Waals surface area contributed by atoms with Gasteiger partial charge >= 0.3 is 22.4 Å². The second-order valence-corrected chi connectivity index (χ2v) is 9.77. The van der Waals surface area contributed by atoms with Crippen molar-refractivity contribution < 1.29 is 31.9 Å². The first-order chi connectivity index (χ1) is 19.0. The molecule has 0 radical (unpaired) electrons. The molecular weight excluding hydrogens is 613 g/mol. The number of hydrogen-bond donors (Lipinski definition) is 0. The fourth-order valence-corrected chi connectivity index (χ4v) is 4.02. The molecule has 0 bridgehead atoms. The third-order valence-corrected chi connectivity index (χ3v) is 6.15. The van der Waals surface area contributed by atoms with E-state index in [9.17, 15) is 4.79 Å². The number of unbranched alkanes of at least 4 members (excludes halogenated alkanes) is 2. The number of nitrogens with zero attached hydrogens (tertiary/aromatic N) is 3. The molecule has 2 aromatic carbocycles. The van der Waals surface area contributed by atoms with Gasteiger partial charge in [0.05, 0.1) is 6.61 Å². The van der Waals surface area contributed by atoms with Crippen LogP contribution < -0.4 is 9.64 Å². The molecule has 2 rings (SSSR count). The quantitative estimate of drug-likeness (QED) is 0.117. The Morgan fingerprint density at radius 2 is 1.44 bits per heavy atom. The zero-order chi connectivity index (χ0) is 28.7. The van der Waals surface area contributed by atoms with Crippen LogP contribution in [0.15, 0.2) is 60.7 Å². The molecule has 0 atom stereocenters. The molecule has 39 heavy (non-hydrogen) atoms. The topological polar surface area (TPSA) is 64.0 Å². The van der Waals surface area contributed by atoms with E-state index in [2.05, 4.69) is 10.2 Å². The van der Waals surface area contributed by atoms with E-state index < -0.39 is 0 Å². The number of anilines is 1. The Balaban J connectivity index is 0.00000371. The molecule has 0 aliphatic rings. The first-order valence-corrected chi connectivity index (χ1v) is 15.0. The van der Waals surface area contributed by atoms with E-state index in [1.807, 2.05) is 79.7 Å². The van der Waals surface area contributed by atoms with Gasteiger partial charge in [-0.2, -0.15) is 18.1 Å². The summed E-state index contributed by atoms with van der Waals surface area (Å²) in [5.74, 6) is 2.26. The van der Waals surface area contributed by atoms with Crippen LogP contribution in [0.5, 0.6) is 5.75 Å². The molecule has 2 aromatic rings. The number of allylic oxidation sites excluding steroid dienone is 2. The standard InChI is InChI=1S/C30H42N3O2S2.O.Tc/c1-32(2)28-12-6-26(7-13-28)8-14-29(34)15-9-27-10-16-30(17-11-27)35-23-5-3-4-20-33(22-25-37)21-18-31-19-24-36;;/h6-17,36-37H,3-5,18-25H2,1-2H3;;/q-1;;+3/p-2/b14-8+,15-9+;;/i;;1+1. The molecule has 0 heterocycles. The zero-order valence-corrected chi connectivity index (χ0v) is 26.5. The van der Waals surface area contributed by atoms with Crippen molar-refractivity contribution in [2.45, 2.75) is 19.3 Å². The second kappa shape index (κ2) is 23.0. The van der Waals surface area contributed by atoms with E-state index in [1.54, 1.807) is 12.2 Å². The Morgan fingerprint density at radius 1 is 0.821 bits per heavy atom. The van der Waals surface area contributed by atoms with E-state index in [0.717, 1.165) is 99.2 Å². The second-order valence-electron chi connectivity index (χ2n) is 8.95. The Morgan fingerprint density at radius 3 is 2.00 bits per heavy atom. The maximum absolute atomic E-state index is 12.2. The predicted octanol–water partition coefficient (Wildman–Crippen LogP) is 5.25. The van der Waals surface area contributed by atoms with Crippen LogP contribution in [0.3, 0.4) is 0 Å². The molecule has 0 spiro atoms. The van der Waals surface area contributed by atoms with E-state index in [0.29, 0.717) is 12.4 Å². The van der Waals surface area contributed by atoms with Gasteiger partial charge in [0.2, 0.25) is 0 Å². The van der Waals surface area contributed by atoms with Crippen LogP contribution in [0.2, 0.25) is 0 Å². The summed E-state index contributed by atoms with van der Waals surface area (Å²) in [5.41, 5.74) is 3.09. The van der Waals surface area contributed by atoms with Crippen molar-refractivity contribution in [2.24, 2.45) is 0 Å². The van der Waals surface area contributed by atoms with Gasteiger partial charge in [0, 0.05) is 19.8 Å². The summed E-state index contributed by atoms with van der Waals surface area (Å²) in [5, 5.41) is 4.43. The van der Waals surface area contributed by atoms with Gasteiger partial charge in [0.25, 0.3) is 0 Å². The van der Waals surface area contributed by atoms with Crippen molar-refractivity contribution in [1.82, 2.24) is 4.90 Å². The number of benzene rings is 2. The van der Waals surface area contributed by atoms with Crippen LogP contribution in [0, 0.1) is 0 Å². The summed E-state index contributed by atoms with van der Waals surface area (Å²) < 4.78 is 14.1. The molecule has 0 aromatic heterocycles. The van der Waals surface area contributed by atoms with Crippen LogP contribution >= 0.6 is 0 Å². The summed E-state index contributed by atoms with van der Waals surface area (Å²) >= 11 is 11.0. The molecule has 6 nitrogen and oxygen atoms in total. The fourth-order valence-electron chi connectivity index (χ4n) is 3.63. The number of ketones is 1. The Bertz CT molecular complexity index is 970. The summed E-state index contributed by atoms with van der Waals surface area (Å²) in [6, 6.07) is 15.9. The van der Waals surface area contributed by atoms with Crippen LogP contribution in [0.1, 0.15) is 30.4 Å². The number of carbonyl (C=O) groups excluding carboxylic acids is 1. The molecule has 0 unspecified atom stereocenters. The molecule has 0 aliphatic heterocycles. The van der Waals surface area contributed by atoms with Gasteiger partial charge in [-0.05, 0) is 86.4 Å². The van der Waals surface area contributed by atoms with Gasteiger partial charge in [-0.1, -0.05) is 36.4 Å². The van der Waals surface area contributed by atoms with Crippen LogP contribution in [0.4, 0.5) is 5.69 Å². The summed E-state index contributed by atoms with van der Waals surface area (Å²) in [4.78, 5) is 16.6. The zero-order valence-electron chi connectivity index (χ0n) is 23.0. The van der Waals surface area contributed by atoms with Gasteiger partial charge in [0.15, 0.2) is 5.78 Å². The van der Waals surface area contributed by atoms with Crippen LogP contribution in [-0.2, 0) is 52.4 Å². The molecule has 9 heteroatoms. The van der Waals surface area contributed by atoms with Crippen molar-refractivity contribution in [2.75, 3.05) is 69.8 Å². The van der Waals surface area contributed by atoms with Gasteiger partial charge in [-0.25, -0.2) is 0 Å². The maximum atomic E-state index is 12.2. The van der Waals surface area contributed by atoms with Gasteiger partial charge in [-0.15, -0.1) is 6.54 Å². The third kappa shape index (κ3) is 16.8.